The van der Waals surface area contributed by atoms with Gasteiger partial charge in [0, 0.05) is 23.1 Å². The standard InChI is InChI=1S/C12H13BrClNO/c1-8-6-9(2-3-11(8)13)12(16)15-5-4-10(14)7-15/h2-3,6,10H,4-5,7H2,1H3. The van der Waals surface area contributed by atoms with Crippen molar-refractivity contribution in [2.45, 2.75) is 18.7 Å². The Balaban J connectivity index is 2.18. The van der Waals surface area contributed by atoms with Crippen LogP contribution in [0.25, 0.3) is 0 Å². The van der Waals surface area contributed by atoms with Crippen LogP contribution in [-0.2, 0) is 0 Å². The average Bonchev–Trinajstić information content (AvgIpc) is 2.68. The molecule has 0 radical (unpaired) electrons. The molecule has 0 bridgehead atoms. The number of carbonyl (C=O) groups excluding carboxylic acids is 1. The minimum atomic E-state index is 0.0822. The number of nitrogens with zero attached hydrogens (tertiary/aromatic N) is 1. The topological polar surface area (TPSA) is 20.3 Å². The van der Waals surface area contributed by atoms with Gasteiger partial charge in [-0.3, -0.25) is 4.79 Å². The van der Waals surface area contributed by atoms with E-state index in [1.165, 1.54) is 0 Å². The number of rotatable bonds is 1. The average molecular weight is 303 g/mol. The second-order valence-corrected chi connectivity index (χ2v) is 5.57. The number of amides is 1. The Morgan fingerprint density at radius 1 is 1.56 bits per heavy atom. The SMILES string of the molecule is Cc1cc(C(=O)N2CCC(Cl)C2)ccc1Br. The molecule has 1 aliphatic rings. The molecular weight excluding hydrogens is 289 g/mol. The zero-order valence-electron chi connectivity index (χ0n) is 9.04. The molecule has 1 atom stereocenters. The number of halogens is 2. The molecule has 1 aliphatic heterocycles. The molecular formula is C12H13BrClNO. The second kappa shape index (κ2) is 4.76. The lowest BCUT2D eigenvalue weighted by atomic mass is 10.1. The summed E-state index contributed by atoms with van der Waals surface area (Å²) in [6, 6.07) is 5.67. The largest absolute Gasteiger partial charge is 0.337 e. The predicted molar refractivity (Wildman–Crippen MR) is 69.0 cm³/mol. The first kappa shape index (κ1) is 11.9. The van der Waals surface area contributed by atoms with Gasteiger partial charge in [0.2, 0.25) is 0 Å². The normalized spacial score (nSPS) is 20.2. The van der Waals surface area contributed by atoms with Crippen molar-refractivity contribution >= 4 is 33.4 Å². The van der Waals surface area contributed by atoms with Gasteiger partial charge in [0.25, 0.3) is 5.91 Å². The van der Waals surface area contributed by atoms with Crippen LogP contribution >= 0.6 is 27.5 Å². The van der Waals surface area contributed by atoms with Crippen LogP contribution in [0.2, 0.25) is 0 Å². The molecule has 0 aromatic heterocycles. The van der Waals surface area contributed by atoms with Gasteiger partial charge >= 0.3 is 0 Å². The first-order valence-corrected chi connectivity index (χ1v) is 6.50. The van der Waals surface area contributed by atoms with Crippen molar-refractivity contribution in [1.29, 1.82) is 0 Å². The third-order valence-corrected chi connectivity index (χ3v) is 4.07. The molecule has 0 aliphatic carbocycles. The van der Waals surface area contributed by atoms with Crippen molar-refractivity contribution in [3.8, 4) is 0 Å². The number of alkyl halides is 1. The van der Waals surface area contributed by atoms with Gasteiger partial charge in [-0.25, -0.2) is 0 Å². The van der Waals surface area contributed by atoms with E-state index in [-0.39, 0.29) is 11.3 Å². The van der Waals surface area contributed by atoms with Crippen LogP contribution in [0.4, 0.5) is 0 Å². The van der Waals surface area contributed by atoms with Crippen LogP contribution in [-0.4, -0.2) is 29.3 Å². The fourth-order valence-electron chi connectivity index (χ4n) is 1.86. The predicted octanol–water partition coefficient (Wildman–Crippen LogP) is 3.21. The van der Waals surface area contributed by atoms with Crippen LogP contribution in [0.1, 0.15) is 22.3 Å². The van der Waals surface area contributed by atoms with Crippen molar-refractivity contribution in [3.63, 3.8) is 0 Å². The van der Waals surface area contributed by atoms with Gasteiger partial charge in [-0.05, 0) is 37.1 Å². The number of aryl methyl sites for hydroxylation is 1. The molecule has 1 saturated heterocycles. The van der Waals surface area contributed by atoms with Crippen LogP contribution in [0, 0.1) is 6.92 Å². The summed E-state index contributed by atoms with van der Waals surface area (Å²) in [7, 11) is 0. The van der Waals surface area contributed by atoms with Crippen molar-refractivity contribution in [1.82, 2.24) is 4.90 Å². The zero-order valence-corrected chi connectivity index (χ0v) is 11.4. The van der Waals surface area contributed by atoms with E-state index in [1.54, 1.807) is 0 Å². The van der Waals surface area contributed by atoms with Crippen LogP contribution in [0.3, 0.4) is 0 Å². The lowest BCUT2D eigenvalue weighted by Crippen LogP contribution is -2.28. The molecule has 1 amide bonds. The van der Waals surface area contributed by atoms with E-state index < -0.39 is 0 Å². The van der Waals surface area contributed by atoms with Crippen LogP contribution < -0.4 is 0 Å². The maximum atomic E-state index is 12.1. The van der Waals surface area contributed by atoms with Gasteiger partial charge in [0.05, 0.1) is 5.38 Å². The fourth-order valence-corrected chi connectivity index (χ4v) is 2.37. The molecule has 1 fully saturated rings. The molecule has 0 saturated carbocycles. The van der Waals surface area contributed by atoms with E-state index in [4.69, 9.17) is 11.6 Å². The van der Waals surface area contributed by atoms with E-state index in [2.05, 4.69) is 15.9 Å². The Labute approximate surface area is 109 Å². The highest BCUT2D eigenvalue weighted by atomic mass is 79.9. The number of hydrogen-bond donors (Lipinski definition) is 0. The molecule has 1 aromatic rings. The third-order valence-electron chi connectivity index (χ3n) is 2.82. The van der Waals surface area contributed by atoms with Crippen LogP contribution in [0.15, 0.2) is 22.7 Å². The van der Waals surface area contributed by atoms with E-state index >= 15 is 0 Å². The lowest BCUT2D eigenvalue weighted by Gasteiger charge is -2.15. The van der Waals surface area contributed by atoms with Gasteiger partial charge in [-0.1, -0.05) is 15.9 Å². The molecule has 1 unspecified atom stereocenters. The second-order valence-electron chi connectivity index (χ2n) is 4.10. The number of carbonyl (C=O) groups is 1. The highest BCUT2D eigenvalue weighted by Crippen LogP contribution is 2.21. The van der Waals surface area contributed by atoms with Crippen molar-refractivity contribution in [2.75, 3.05) is 13.1 Å². The summed E-state index contributed by atoms with van der Waals surface area (Å²) in [6.07, 6.45) is 0.892. The summed E-state index contributed by atoms with van der Waals surface area (Å²) in [5.74, 6) is 0.0822. The smallest absolute Gasteiger partial charge is 0.253 e. The molecule has 4 heteroatoms. The zero-order chi connectivity index (χ0) is 11.7. The Bertz CT molecular complexity index is 421. The molecule has 16 heavy (non-hydrogen) atoms. The van der Waals surface area contributed by atoms with Gasteiger partial charge in [0.15, 0.2) is 0 Å². The lowest BCUT2D eigenvalue weighted by molar-refractivity contribution is 0.0793. The number of hydrogen-bond acceptors (Lipinski definition) is 1. The summed E-state index contributed by atoms with van der Waals surface area (Å²) in [5.41, 5.74) is 1.82. The maximum Gasteiger partial charge on any atom is 0.253 e. The molecule has 0 spiro atoms. The number of likely N-dealkylation sites (tertiary alicyclic amines) is 1. The highest BCUT2D eigenvalue weighted by molar-refractivity contribution is 9.10. The minimum absolute atomic E-state index is 0.0822. The summed E-state index contributed by atoms with van der Waals surface area (Å²) in [6.45, 7) is 3.41. The molecule has 0 N–H and O–H groups in total. The maximum absolute atomic E-state index is 12.1. The Morgan fingerprint density at radius 2 is 2.31 bits per heavy atom. The molecule has 2 nitrogen and oxygen atoms in total. The van der Waals surface area contributed by atoms with Gasteiger partial charge in [-0.2, -0.15) is 0 Å². The van der Waals surface area contributed by atoms with Crippen molar-refractivity contribution in [3.05, 3.63) is 33.8 Å². The summed E-state index contributed by atoms with van der Waals surface area (Å²) < 4.78 is 1.03. The first-order valence-electron chi connectivity index (χ1n) is 5.27. The van der Waals surface area contributed by atoms with Gasteiger partial charge in [0.1, 0.15) is 0 Å². The molecule has 86 valence electrons. The summed E-state index contributed by atoms with van der Waals surface area (Å²) >= 11 is 9.42. The van der Waals surface area contributed by atoms with E-state index in [9.17, 15) is 4.79 Å². The summed E-state index contributed by atoms with van der Waals surface area (Å²) in [5, 5.41) is 0.112. The monoisotopic (exact) mass is 301 g/mol. The van der Waals surface area contributed by atoms with Crippen LogP contribution in [0.5, 0.6) is 0 Å². The minimum Gasteiger partial charge on any atom is -0.337 e. The van der Waals surface area contributed by atoms with E-state index in [1.807, 2.05) is 30.0 Å². The highest BCUT2D eigenvalue weighted by Gasteiger charge is 2.25. The Morgan fingerprint density at radius 3 is 2.88 bits per heavy atom. The summed E-state index contributed by atoms with van der Waals surface area (Å²) in [4.78, 5) is 13.9. The van der Waals surface area contributed by atoms with E-state index in [0.29, 0.717) is 6.54 Å². The number of benzene rings is 1. The first-order chi connectivity index (χ1) is 7.58. The molecule has 1 aromatic carbocycles. The fraction of sp³-hybridized carbons (Fsp3) is 0.417. The van der Waals surface area contributed by atoms with Gasteiger partial charge < -0.3 is 4.90 Å². The van der Waals surface area contributed by atoms with Crippen molar-refractivity contribution < 1.29 is 4.79 Å². The van der Waals surface area contributed by atoms with Crippen molar-refractivity contribution in [2.24, 2.45) is 0 Å². The van der Waals surface area contributed by atoms with E-state index in [0.717, 1.165) is 28.6 Å². The Kier molecular flexibility index (Phi) is 3.55. The molecule has 2 rings (SSSR count). The van der Waals surface area contributed by atoms with Gasteiger partial charge in [-0.15, -0.1) is 11.6 Å². The Hall–Kier alpha value is -0.540. The third kappa shape index (κ3) is 2.41. The quantitative estimate of drug-likeness (QED) is 0.730. The molecule has 1 heterocycles.